The third kappa shape index (κ3) is 2.04. The van der Waals surface area contributed by atoms with Gasteiger partial charge in [0.05, 0.1) is 6.20 Å². The van der Waals surface area contributed by atoms with Crippen LogP contribution in [-0.2, 0) is 0 Å². The van der Waals surface area contributed by atoms with E-state index in [0.717, 1.165) is 22.6 Å². The molecule has 0 radical (unpaired) electrons. The number of aryl methyl sites for hydroxylation is 2. The van der Waals surface area contributed by atoms with Crippen LogP contribution in [0.5, 0.6) is 0 Å². The Morgan fingerprint density at radius 2 is 2.05 bits per heavy atom. The van der Waals surface area contributed by atoms with Crippen molar-refractivity contribution in [2.75, 3.05) is 11.1 Å². The zero-order valence-corrected chi connectivity index (χ0v) is 11.8. The highest BCUT2D eigenvalue weighted by Gasteiger charge is 2.09. The highest BCUT2D eigenvalue weighted by atomic mass is 35.5. The molecule has 20 heavy (non-hydrogen) atoms. The van der Waals surface area contributed by atoms with Crippen molar-refractivity contribution in [2.24, 2.45) is 0 Å². The van der Waals surface area contributed by atoms with Crippen molar-refractivity contribution in [1.29, 1.82) is 0 Å². The molecule has 0 amide bonds. The number of hydrogen-bond acceptors (Lipinski definition) is 5. The first-order chi connectivity index (χ1) is 9.56. The van der Waals surface area contributed by atoms with Gasteiger partial charge in [0.1, 0.15) is 16.5 Å². The molecular formula is C13H13ClN6. The molecule has 0 aliphatic carbocycles. The summed E-state index contributed by atoms with van der Waals surface area (Å²) in [5.74, 6) is 0.655. The van der Waals surface area contributed by atoms with Crippen LogP contribution in [0.3, 0.4) is 0 Å². The van der Waals surface area contributed by atoms with Crippen LogP contribution < -0.4 is 11.1 Å². The molecule has 0 saturated carbocycles. The van der Waals surface area contributed by atoms with E-state index in [4.69, 9.17) is 17.3 Å². The van der Waals surface area contributed by atoms with E-state index in [1.807, 2.05) is 36.7 Å². The van der Waals surface area contributed by atoms with E-state index < -0.39 is 0 Å². The Labute approximate surface area is 120 Å². The molecular weight excluding hydrogens is 276 g/mol. The number of imidazole rings is 1. The molecule has 0 unspecified atom stereocenters. The van der Waals surface area contributed by atoms with Gasteiger partial charge in [-0.15, -0.1) is 0 Å². The van der Waals surface area contributed by atoms with Gasteiger partial charge < -0.3 is 15.5 Å². The largest absolute Gasteiger partial charge is 0.382 e. The number of nitrogens with two attached hydrogens (primary N) is 1. The van der Waals surface area contributed by atoms with Gasteiger partial charge in [-0.1, -0.05) is 11.6 Å². The van der Waals surface area contributed by atoms with Crippen LogP contribution in [-0.4, -0.2) is 19.4 Å². The summed E-state index contributed by atoms with van der Waals surface area (Å²) in [6, 6.07) is 1.95. The molecule has 3 N–H and O–H groups in total. The zero-order valence-electron chi connectivity index (χ0n) is 11.1. The van der Waals surface area contributed by atoms with Crippen LogP contribution in [0.4, 0.5) is 17.5 Å². The summed E-state index contributed by atoms with van der Waals surface area (Å²) in [5, 5.41) is 3.47. The summed E-state index contributed by atoms with van der Waals surface area (Å²) >= 11 is 5.80. The Hall–Kier alpha value is -2.34. The number of aromatic nitrogens is 4. The summed E-state index contributed by atoms with van der Waals surface area (Å²) in [4.78, 5) is 12.6. The number of nitrogens with zero attached hydrogens (tertiary/aromatic N) is 4. The van der Waals surface area contributed by atoms with Crippen LogP contribution in [0.15, 0.2) is 24.7 Å². The highest BCUT2D eigenvalue weighted by Crippen LogP contribution is 2.24. The smallest absolute Gasteiger partial charge is 0.229 e. The lowest BCUT2D eigenvalue weighted by atomic mass is 10.2. The Balaban J connectivity index is 2.02. The fourth-order valence-electron chi connectivity index (χ4n) is 2.00. The lowest BCUT2D eigenvalue weighted by Crippen LogP contribution is -2.03. The Kier molecular flexibility index (Phi) is 2.94. The first kappa shape index (κ1) is 12.7. The number of nitrogen functional groups attached to an aromatic ring is 1. The molecule has 7 heteroatoms. The van der Waals surface area contributed by atoms with E-state index in [1.165, 1.54) is 6.20 Å². The fraction of sp³-hybridized carbons (Fsp3) is 0.154. The number of hydrogen-bond donors (Lipinski definition) is 2. The van der Waals surface area contributed by atoms with Crippen molar-refractivity contribution in [2.45, 2.75) is 13.8 Å². The normalized spacial score (nSPS) is 10.9. The quantitative estimate of drug-likeness (QED) is 0.758. The van der Waals surface area contributed by atoms with Gasteiger partial charge in [0.15, 0.2) is 0 Å². The second kappa shape index (κ2) is 4.64. The van der Waals surface area contributed by atoms with E-state index >= 15 is 0 Å². The van der Waals surface area contributed by atoms with Crippen LogP contribution in [0.25, 0.3) is 5.65 Å². The van der Waals surface area contributed by atoms with E-state index in [9.17, 15) is 0 Å². The van der Waals surface area contributed by atoms with Crippen LogP contribution in [0, 0.1) is 13.8 Å². The van der Waals surface area contributed by atoms with Gasteiger partial charge in [0, 0.05) is 29.3 Å². The second-order valence-corrected chi connectivity index (χ2v) is 4.91. The van der Waals surface area contributed by atoms with Gasteiger partial charge in [-0.3, -0.25) is 0 Å². The summed E-state index contributed by atoms with van der Waals surface area (Å²) in [6.07, 6.45) is 5.26. The van der Waals surface area contributed by atoms with E-state index in [-0.39, 0.29) is 5.82 Å². The molecule has 0 atom stereocenters. The Bertz CT molecular complexity index is 795. The lowest BCUT2D eigenvalue weighted by molar-refractivity contribution is 1.09. The number of nitrogens with one attached hydrogen (secondary N) is 1. The molecule has 0 aliphatic heterocycles. The summed E-state index contributed by atoms with van der Waals surface area (Å²) in [6.45, 7) is 4.00. The number of pyridine rings is 1. The SMILES string of the molecule is Cc1c(Nc2ncc(Cl)c(N)n2)ccn2c(C)cnc12. The third-order valence-electron chi connectivity index (χ3n) is 3.13. The number of halogens is 1. The van der Waals surface area contributed by atoms with Crippen molar-refractivity contribution in [3.63, 3.8) is 0 Å². The van der Waals surface area contributed by atoms with Gasteiger partial charge in [0.2, 0.25) is 5.95 Å². The van der Waals surface area contributed by atoms with Crippen LogP contribution in [0.2, 0.25) is 5.02 Å². The fourth-order valence-corrected chi connectivity index (χ4v) is 2.09. The molecule has 6 nitrogen and oxygen atoms in total. The standard InChI is InChI=1S/C13H13ClN6/c1-7-5-16-12-8(2)10(3-4-20(7)12)18-13-17-6-9(14)11(15)19-13/h3-6H,1-2H3,(H3,15,17,18,19). The van der Waals surface area contributed by atoms with Gasteiger partial charge in [-0.25, -0.2) is 9.97 Å². The molecule has 3 heterocycles. The van der Waals surface area contributed by atoms with Crippen molar-refractivity contribution in [3.05, 3.63) is 40.9 Å². The minimum Gasteiger partial charge on any atom is -0.382 e. The van der Waals surface area contributed by atoms with Gasteiger partial charge in [0.25, 0.3) is 0 Å². The zero-order chi connectivity index (χ0) is 14.3. The van der Waals surface area contributed by atoms with E-state index in [1.54, 1.807) is 0 Å². The summed E-state index contributed by atoms with van der Waals surface area (Å²) in [7, 11) is 0. The van der Waals surface area contributed by atoms with Crippen LogP contribution in [0.1, 0.15) is 11.3 Å². The monoisotopic (exact) mass is 288 g/mol. The molecule has 102 valence electrons. The first-order valence-electron chi connectivity index (χ1n) is 6.04. The van der Waals surface area contributed by atoms with Gasteiger partial charge in [-0.05, 0) is 19.9 Å². The molecule has 3 aromatic heterocycles. The Morgan fingerprint density at radius 1 is 1.25 bits per heavy atom. The third-order valence-corrected chi connectivity index (χ3v) is 3.42. The first-order valence-corrected chi connectivity index (χ1v) is 6.42. The van der Waals surface area contributed by atoms with Crippen LogP contribution >= 0.6 is 11.6 Å². The molecule has 0 bridgehead atoms. The minimum atomic E-state index is 0.250. The summed E-state index contributed by atoms with van der Waals surface area (Å²) in [5.41, 5.74) is 9.54. The molecule has 3 aromatic rings. The highest BCUT2D eigenvalue weighted by molar-refractivity contribution is 6.32. The lowest BCUT2D eigenvalue weighted by Gasteiger charge is -2.10. The molecule has 0 fully saturated rings. The van der Waals surface area contributed by atoms with Crippen molar-refractivity contribution in [3.8, 4) is 0 Å². The Morgan fingerprint density at radius 3 is 2.80 bits per heavy atom. The van der Waals surface area contributed by atoms with E-state index in [2.05, 4.69) is 20.3 Å². The predicted molar refractivity (Wildman–Crippen MR) is 79.4 cm³/mol. The molecule has 0 spiro atoms. The predicted octanol–water partition coefficient (Wildman–Crippen LogP) is 2.72. The topological polar surface area (TPSA) is 81.1 Å². The maximum absolute atomic E-state index is 5.80. The molecule has 0 aromatic carbocycles. The molecule has 0 aliphatic rings. The molecule has 0 saturated heterocycles. The summed E-state index contributed by atoms with van der Waals surface area (Å²) < 4.78 is 2.03. The number of anilines is 3. The van der Waals surface area contributed by atoms with Crippen molar-refractivity contribution >= 4 is 34.7 Å². The average Bonchev–Trinajstić information content (AvgIpc) is 2.80. The number of rotatable bonds is 2. The molecule has 3 rings (SSSR count). The van der Waals surface area contributed by atoms with Gasteiger partial charge in [-0.2, -0.15) is 4.98 Å². The number of fused-ring (bicyclic) bond motifs is 1. The maximum Gasteiger partial charge on any atom is 0.229 e. The van der Waals surface area contributed by atoms with Gasteiger partial charge >= 0.3 is 0 Å². The maximum atomic E-state index is 5.80. The van der Waals surface area contributed by atoms with E-state index in [0.29, 0.717) is 11.0 Å². The van der Waals surface area contributed by atoms with Crippen molar-refractivity contribution < 1.29 is 0 Å². The average molecular weight is 289 g/mol. The van der Waals surface area contributed by atoms with Crippen molar-refractivity contribution in [1.82, 2.24) is 19.4 Å². The second-order valence-electron chi connectivity index (χ2n) is 4.50. The minimum absolute atomic E-state index is 0.250.